The number of hydrogen-bond donors (Lipinski definition) is 0. The second kappa shape index (κ2) is 8.21. The lowest BCUT2D eigenvalue weighted by atomic mass is 9.93. The second-order valence-corrected chi connectivity index (χ2v) is 8.81. The quantitative estimate of drug-likeness (QED) is 0.264. The van der Waals surface area contributed by atoms with E-state index in [0.29, 0.717) is 10.1 Å². The van der Waals surface area contributed by atoms with Crippen molar-refractivity contribution in [2.75, 3.05) is 0 Å². The molecular weight excluding hydrogens is 404 g/mol. The molecule has 2 aromatic heterocycles. The van der Waals surface area contributed by atoms with Gasteiger partial charge in [0.25, 0.3) is 10.9 Å². The number of carbonyl (C=O) groups excluding carboxylic acids is 1. The summed E-state index contributed by atoms with van der Waals surface area (Å²) in [5, 5.41) is 10.6. The third-order valence-corrected chi connectivity index (χ3v) is 6.47. The van der Waals surface area contributed by atoms with Crippen LogP contribution in [0, 0.1) is 10.1 Å². The van der Waals surface area contributed by atoms with E-state index in [0.717, 1.165) is 27.4 Å². The lowest BCUT2D eigenvalue weighted by Gasteiger charge is -2.13. The molecule has 1 aromatic carbocycles. The summed E-state index contributed by atoms with van der Waals surface area (Å²) in [4.78, 5) is 27.3. The molecule has 0 saturated carbocycles. The Morgan fingerprint density at radius 1 is 1.26 bits per heavy atom. The molecule has 0 aliphatic heterocycles. The molecule has 3 aromatic rings. The Morgan fingerprint density at radius 3 is 2.67 bits per heavy atom. The third-order valence-electron chi connectivity index (χ3n) is 3.89. The fraction of sp³-hybridized carbons (Fsp3) is 0.158. The van der Waals surface area contributed by atoms with E-state index >= 15 is 0 Å². The standard InChI is InChI=1S/C19H15ClN2O3S2/c1-11(2)14-5-3-4-6-15(14)12-7-13(10-21-9-12)26-19-16(22(24)25)8-17(27-19)18(20)23/h3-11H,1-2H3. The van der Waals surface area contributed by atoms with Gasteiger partial charge < -0.3 is 0 Å². The minimum atomic E-state index is -0.701. The van der Waals surface area contributed by atoms with Crippen LogP contribution in [0.1, 0.15) is 35.0 Å². The topological polar surface area (TPSA) is 73.1 Å². The highest BCUT2D eigenvalue weighted by atomic mass is 35.5. The van der Waals surface area contributed by atoms with E-state index in [9.17, 15) is 14.9 Å². The van der Waals surface area contributed by atoms with Gasteiger partial charge in [-0.15, -0.1) is 11.3 Å². The predicted molar refractivity (Wildman–Crippen MR) is 109 cm³/mol. The first-order chi connectivity index (χ1) is 12.9. The van der Waals surface area contributed by atoms with Gasteiger partial charge in [-0.2, -0.15) is 0 Å². The van der Waals surface area contributed by atoms with Crippen LogP contribution in [0.25, 0.3) is 11.1 Å². The zero-order valence-electron chi connectivity index (χ0n) is 14.5. The zero-order valence-corrected chi connectivity index (χ0v) is 16.9. The van der Waals surface area contributed by atoms with Crippen molar-refractivity contribution in [1.82, 2.24) is 4.98 Å². The molecule has 0 spiro atoms. The first-order valence-electron chi connectivity index (χ1n) is 8.07. The van der Waals surface area contributed by atoms with Crippen LogP contribution < -0.4 is 0 Å². The van der Waals surface area contributed by atoms with Gasteiger partial charge in [-0.05, 0) is 34.7 Å². The lowest BCUT2D eigenvalue weighted by molar-refractivity contribution is -0.387. The van der Waals surface area contributed by atoms with E-state index in [4.69, 9.17) is 11.6 Å². The van der Waals surface area contributed by atoms with Crippen molar-refractivity contribution in [3.05, 3.63) is 69.3 Å². The summed E-state index contributed by atoms with van der Waals surface area (Å²) in [5.74, 6) is 0.355. The van der Waals surface area contributed by atoms with Gasteiger partial charge in [0.2, 0.25) is 0 Å². The highest BCUT2D eigenvalue weighted by Crippen LogP contribution is 2.42. The molecule has 0 aliphatic rings. The number of rotatable bonds is 6. The molecule has 138 valence electrons. The van der Waals surface area contributed by atoms with Crippen molar-refractivity contribution in [1.29, 1.82) is 0 Å². The van der Waals surface area contributed by atoms with Crippen LogP contribution in [0.2, 0.25) is 0 Å². The molecule has 3 rings (SSSR count). The molecule has 0 bridgehead atoms. The van der Waals surface area contributed by atoms with Gasteiger partial charge in [-0.25, -0.2) is 0 Å². The average molecular weight is 419 g/mol. The van der Waals surface area contributed by atoms with Crippen molar-refractivity contribution < 1.29 is 9.72 Å². The second-order valence-electron chi connectivity index (χ2n) is 6.07. The molecular formula is C19H15ClN2O3S2. The van der Waals surface area contributed by atoms with Crippen molar-refractivity contribution in [2.45, 2.75) is 28.9 Å². The highest BCUT2D eigenvalue weighted by Gasteiger charge is 2.23. The van der Waals surface area contributed by atoms with Crippen LogP contribution in [0.5, 0.6) is 0 Å². The van der Waals surface area contributed by atoms with E-state index in [1.165, 1.54) is 23.4 Å². The van der Waals surface area contributed by atoms with Crippen LogP contribution in [0.15, 0.2) is 57.9 Å². The van der Waals surface area contributed by atoms with Crippen LogP contribution in [-0.2, 0) is 0 Å². The smallest absolute Gasteiger partial charge is 0.275 e. The molecule has 0 N–H and O–H groups in total. The zero-order chi connectivity index (χ0) is 19.6. The Hall–Kier alpha value is -2.22. The summed E-state index contributed by atoms with van der Waals surface area (Å²) in [7, 11) is 0. The predicted octanol–water partition coefficient (Wildman–Crippen LogP) is 6.37. The fourth-order valence-electron chi connectivity index (χ4n) is 2.65. The number of nitrogens with zero attached hydrogens (tertiary/aromatic N) is 2. The Bertz CT molecular complexity index is 1020. The highest BCUT2D eigenvalue weighted by molar-refractivity contribution is 8.01. The van der Waals surface area contributed by atoms with E-state index in [1.54, 1.807) is 12.4 Å². The van der Waals surface area contributed by atoms with Crippen molar-refractivity contribution >= 4 is 45.6 Å². The van der Waals surface area contributed by atoms with E-state index < -0.39 is 10.2 Å². The molecule has 0 unspecified atom stereocenters. The summed E-state index contributed by atoms with van der Waals surface area (Å²) >= 11 is 7.70. The number of halogens is 1. The molecule has 0 radical (unpaired) electrons. The van der Waals surface area contributed by atoms with Gasteiger partial charge in [-0.3, -0.25) is 19.9 Å². The number of benzene rings is 1. The van der Waals surface area contributed by atoms with Gasteiger partial charge in [0.05, 0.1) is 9.80 Å². The molecule has 0 fully saturated rings. The van der Waals surface area contributed by atoms with Crippen molar-refractivity contribution in [2.24, 2.45) is 0 Å². The molecule has 8 heteroatoms. The Kier molecular flexibility index (Phi) is 5.94. The SMILES string of the molecule is CC(C)c1ccccc1-c1cncc(Sc2sc(C(=O)Cl)cc2[N+](=O)[O-])c1. The maximum absolute atomic E-state index is 11.4. The van der Waals surface area contributed by atoms with Crippen molar-refractivity contribution in [3.63, 3.8) is 0 Å². The Morgan fingerprint density at radius 2 is 2.00 bits per heavy atom. The largest absolute Gasteiger partial charge is 0.294 e. The Balaban J connectivity index is 1.99. The monoisotopic (exact) mass is 418 g/mol. The summed E-state index contributed by atoms with van der Waals surface area (Å²) in [6.45, 7) is 4.26. The minimum Gasteiger partial charge on any atom is -0.275 e. The van der Waals surface area contributed by atoms with Crippen LogP contribution in [0.3, 0.4) is 0 Å². The first kappa shape index (κ1) is 19.5. The average Bonchev–Trinajstić information content (AvgIpc) is 3.06. The van der Waals surface area contributed by atoms with Crippen LogP contribution in [0.4, 0.5) is 5.69 Å². The molecule has 27 heavy (non-hydrogen) atoms. The number of thiophene rings is 1. The Labute approximate surface area is 169 Å². The third kappa shape index (κ3) is 4.37. The summed E-state index contributed by atoms with van der Waals surface area (Å²) in [5.41, 5.74) is 3.11. The molecule has 0 aliphatic carbocycles. The fourth-order valence-corrected chi connectivity index (χ4v) is 4.99. The molecule has 0 atom stereocenters. The maximum Gasteiger partial charge on any atom is 0.294 e. The number of carbonyl (C=O) groups is 1. The number of hydrogen-bond acceptors (Lipinski definition) is 6. The van der Waals surface area contributed by atoms with E-state index in [2.05, 4.69) is 24.9 Å². The number of nitro groups is 1. The van der Waals surface area contributed by atoms with Crippen molar-refractivity contribution in [3.8, 4) is 11.1 Å². The van der Waals surface area contributed by atoms with Gasteiger partial charge in [0, 0.05) is 28.9 Å². The van der Waals surface area contributed by atoms with E-state index in [1.807, 2.05) is 24.3 Å². The normalized spacial score (nSPS) is 11.0. The van der Waals surface area contributed by atoms with Gasteiger partial charge in [0.15, 0.2) is 0 Å². The van der Waals surface area contributed by atoms with Crippen LogP contribution in [-0.4, -0.2) is 15.1 Å². The molecule has 0 saturated heterocycles. The van der Waals surface area contributed by atoms with Gasteiger partial charge >= 0.3 is 0 Å². The molecule has 5 nitrogen and oxygen atoms in total. The molecule has 2 heterocycles. The summed E-state index contributed by atoms with van der Waals surface area (Å²) in [6.07, 6.45) is 3.43. The number of pyridine rings is 1. The maximum atomic E-state index is 11.4. The van der Waals surface area contributed by atoms with Gasteiger partial charge in [-0.1, -0.05) is 49.9 Å². The summed E-state index contributed by atoms with van der Waals surface area (Å²) in [6, 6.07) is 11.3. The lowest BCUT2D eigenvalue weighted by Crippen LogP contribution is -1.92. The first-order valence-corrected chi connectivity index (χ1v) is 10.1. The summed E-state index contributed by atoms with van der Waals surface area (Å²) < 4.78 is 0.403. The number of aromatic nitrogens is 1. The van der Waals surface area contributed by atoms with Gasteiger partial charge in [0.1, 0.15) is 4.21 Å². The van der Waals surface area contributed by atoms with Crippen LogP contribution >= 0.6 is 34.7 Å². The molecule has 0 amide bonds. The minimum absolute atomic E-state index is 0.123. The van der Waals surface area contributed by atoms with E-state index in [-0.39, 0.29) is 10.6 Å².